The molecule has 0 aromatic heterocycles. The fourth-order valence-corrected chi connectivity index (χ4v) is 2.56. The van der Waals surface area contributed by atoms with Gasteiger partial charge in [-0.25, -0.2) is 0 Å². The number of amides is 1. The second-order valence-electron chi connectivity index (χ2n) is 5.04. The molecule has 0 fully saturated rings. The van der Waals surface area contributed by atoms with E-state index < -0.39 is 5.91 Å². The lowest BCUT2D eigenvalue weighted by molar-refractivity contribution is 0.100. The summed E-state index contributed by atoms with van der Waals surface area (Å²) in [5, 5.41) is 3.81. The van der Waals surface area contributed by atoms with Crippen molar-refractivity contribution in [2.75, 3.05) is 19.5 Å². The van der Waals surface area contributed by atoms with Crippen LogP contribution >= 0.6 is 11.6 Å². The third-order valence-corrected chi connectivity index (χ3v) is 3.80. The number of hydrogen-bond donors (Lipinski definition) is 2. The van der Waals surface area contributed by atoms with Gasteiger partial charge in [-0.2, -0.15) is 0 Å². The van der Waals surface area contributed by atoms with Crippen LogP contribution in [-0.2, 0) is 0 Å². The lowest BCUT2D eigenvalue weighted by Gasteiger charge is -2.20. The van der Waals surface area contributed by atoms with Gasteiger partial charge in [0.05, 0.1) is 25.3 Å². The minimum absolute atomic E-state index is 0.100. The second kappa shape index (κ2) is 7.24. The Morgan fingerprint density at radius 1 is 1.17 bits per heavy atom. The fourth-order valence-electron chi connectivity index (χ4n) is 2.31. The summed E-state index contributed by atoms with van der Waals surface area (Å²) in [5.41, 5.74) is 7.41. The Hall–Kier alpha value is -2.40. The largest absolute Gasteiger partial charge is 0.496 e. The standard InChI is InChI=1S/C17H19ClN2O3/c1-10(20-12-6-4-5-11(7-12)17(19)21)13-8-14(18)16(23-3)9-15(13)22-2/h4-10,20H,1-3H3,(H2,19,21)/t10-/m1/s1. The van der Waals surface area contributed by atoms with Gasteiger partial charge in [-0.05, 0) is 31.2 Å². The summed E-state index contributed by atoms with van der Waals surface area (Å²) in [5.74, 6) is 0.749. The average molecular weight is 335 g/mol. The van der Waals surface area contributed by atoms with E-state index in [2.05, 4.69) is 5.32 Å². The zero-order valence-corrected chi connectivity index (χ0v) is 14.0. The Bertz CT molecular complexity index is 719. The highest BCUT2D eigenvalue weighted by Gasteiger charge is 2.16. The highest BCUT2D eigenvalue weighted by Crippen LogP contribution is 2.36. The minimum atomic E-state index is -0.466. The van der Waals surface area contributed by atoms with Crippen LogP contribution in [0.5, 0.6) is 11.5 Å². The van der Waals surface area contributed by atoms with Crippen molar-refractivity contribution in [1.82, 2.24) is 0 Å². The molecule has 122 valence electrons. The number of anilines is 1. The molecule has 1 amide bonds. The summed E-state index contributed by atoms with van der Waals surface area (Å²) in [6.07, 6.45) is 0. The molecule has 0 saturated heterocycles. The molecule has 0 bridgehead atoms. The molecule has 2 aromatic rings. The molecule has 0 heterocycles. The molecular formula is C17H19ClN2O3. The Kier molecular flexibility index (Phi) is 5.34. The molecule has 2 aromatic carbocycles. The summed E-state index contributed by atoms with van der Waals surface area (Å²) >= 11 is 6.20. The number of carbonyl (C=O) groups excluding carboxylic acids is 1. The zero-order chi connectivity index (χ0) is 17.0. The first-order chi connectivity index (χ1) is 11.0. The molecule has 0 radical (unpaired) electrons. The number of methoxy groups -OCH3 is 2. The van der Waals surface area contributed by atoms with Crippen molar-refractivity contribution in [3.05, 3.63) is 52.5 Å². The van der Waals surface area contributed by atoms with Crippen LogP contribution < -0.4 is 20.5 Å². The van der Waals surface area contributed by atoms with Crippen molar-refractivity contribution < 1.29 is 14.3 Å². The maximum atomic E-state index is 11.3. The molecule has 0 aliphatic heterocycles. The zero-order valence-electron chi connectivity index (χ0n) is 13.2. The van der Waals surface area contributed by atoms with Crippen molar-refractivity contribution in [1.29, 1.82) is 0 Å². The first kappa shape index (κ1) is 17.0. The van der Waals surface area contributed by atoms with Crippen LogP contribution in [0.15, 0.2) is 36.4 Å². The molecule has 1 atom stereocenters. The third kappa shape index (κ3) is 3.87. The van der Waals surface area contributed by atoms with Gasteiger partial charge < -0.3 is 20.5 Å². The van der Waals surface area contributed by atoms with Gasteiger partial charge in [-0.1, -0.05) is 17.7 Å². The fraction of sp³-hybridized carbons (Fsp3) is 0.235. The number of halogens is 1. The molecule has 0 spiro atoms. The molecule has 0 unspecified atom stereocenters. The minimum Gasteiger partial charge on any atom is -0.496 e. The van der Waals surface area contributed by atoms with Crippen molar-refractivity contribution in [2.24, 2.45) is 5.73 Å². The van der Waals surface area contributed by atoms with Crippen LogP contribution in [0.4, 0.5) is 5.69 Å². The van der Waals surface area contributed by atoms with E-state index >= 15 is 0 Å². The SMILES string of the molecule is COc1cc(OC)c([C@@H](C)Nc2cccc(C(N)=O)c2)cc1Cl. The number of nitrogens with two attached hydrogens (primary N) is 1. The molecule has 0 saturated carbocycles. The van der Waals surface area contributed by atoms with E-state index in [1.807, 2.05) is 13.0 Å². The predicted octanol–water partition coefficient (Wildman–Crippen LogP) is 3.63. The van der Waals surface area contributed by atoms with Crippen molar-refractivity contribution in [3.8, 4) is 11.5 Å². The maximum Gasteiger partial charge on any atom is 0.248 e. The van der Waals surface area contributed by atoms with Crippen molar-refractivity contribution in [2.45, 2.75) is 13.0 Å². The van der Waals surface area contributed by atoms with Crippen molar-refractivity contribution in [3.63, 3.8) is 0 Å². The van der Waals surface area contributed by atoms with E-state index in [1.54, 1.807) is 44.6 Å². The van der Waals surface area contributed by atoms with E-state index in [9.17, 15) is 4.79 Å². The molecule has 2 rings (SSSR count). The van der Waals surface area contributed by atoms with Crippen LogP contribution in [0.25, 0.3) is 0 Å². The van der Waals surface area contributed by atoms with Crippen LogP contribution in [0.1, 0.15) is 28.9 Å². The Morgan fingerprint density at radius 3 is 2.48 bits per heavy atom. The monoisotopic (exact) mass is 334 g/mol. The van der Waals surface area contributed by atoms with Gasteiger partial charge >= 0.3 is 0 Å². The summed E-state index contributed by atoms with van der Waals surface area (Å²) in [4.78, 5) is 11.3. The number of benzene rings is 2. The van der Waals surface area contributed by atoms with Gasteiger partial charge in [0.15, 0.2) is 0 Å². The van der Waals surface area contributed by atoms with E-state index in [-0.39, 0.29) is 6.04 Å². The molecule has 0 aliphatic carbocycles. The van der Waals surface area contributed by atoms with Gasteiger partial charge in [-0.3, -0.25) is 4.79 Å². The number of hydrogen-bond acceptors (Lipinski definition) is 4. The van der Waals surface area contributed by atoms with E-state index in [0.717, 1.165) is 11.3 Å². The van der Waals surface area contributed by atoms with Crippen LogP contribution in [0.2, 0.25) is 5.02 Å². The van der Waals surface area contributed by atoms with E-state index in [0.29, 0.717) is 22.1 Å². The number of nitrogens with one attached hydrogen (secondary N) is 1. The quantitative estimate of drug-likeness (QED) is 0.846. The normalized spacial score (nSPS) is 11.7. The summed E-state index contributed by atoms with van der Waals surface area (Å²) in [6, 6.07) is 10.5. The Balaban J connectivity index is 2.30. The van der Waals surface area contributed by atoms with Crippen LogP contribution in [-0.4, -0.2) is 20.1 Å². The molecule has 0 aliphatic rings. The Labute approximate surface area is 140 Å². The predicted molar refractivity (Wildman–Crippen MR) is 91.6 cm³/mol. The smallest absolute Gasteiger partial charge is 0.248 e. The number of ether oxygens (including phenoxy) is 2. The lowest BCUT2D eigenvalue weighted by atomic mass is 10.1. The maximum absolute atomic E-state index is 11.3. The molecule has 5 nitrogen and oxygen atoms in total. The van der Waals surface area contributed by atoms with E-state index in [4.69, 9.17) is 26.8 Å². The van der Waals surface area contributed by atoms with Gasteiger partial charge in [0.2, 0.25) is 5.91 Å². The highest BCUT2D eigenvalue weighted by molar-refractivity contribution is 6.32. The number of primary amides is 1. The molecule has 6 heteroatoms. The molecule has 23 heavy (non-hydrogen) atoms. The van der Waals surface area contributed by atoms with E-state index in [1.165, 1.54) is 0 Å². The topological polar surface area (TPSA) is 73.6 Å². The van der Waals surface area contributed by atoms with Gasteiger partial charge in [0.1, 0.15) is 11.5 Å². The second-order valence-corrected chi connectivity index (χ2v) is 5.45. The van der Waals surface area contributed by atoms with Gasteiger partial charge in [0, 0.05) is 22.9 Å². The van der Waals surface area contributed by atoms with Crippen LogP contribution in [0, 0.1) is 0 Å². The van der Waals surface area contributed by atoms with Gasteiger partial charge in [0.25, 0.3) is 0 Å². The average Bonchev–Trinajstić information content (AvgIpc) is 2.54. The number of rotatable bonds is 6. The third-order valence-electron chi connectivity index (χ3n) is 3.50. The molecule has 3 N–H and O–H groups in total. The number of carbonyl (C=O) groups is 1. The first-order valence-corrected chi connectivity index (χ1v) is 7.42. The summed E-state index contributed by atoms with van der Waals surface area (Å²) in [7, 11) is 3.14. The summed E-state index contributed by atoms with van der Waals surface area (Å²) < 4.78 is 10.6. The first-order valence-electron chi connectivity index (χ1n) is 7.04. The molecular weight excluding hydrogens is 316 g/mol. The lowest BCUT2D eigenvalue weighted by Crippen LogP contribution is -2.12. The van der Waals surface area contributed by atoms with Crippen LogP contribution in [0.3, 0.4) is 0 Å². The highest BCUT2D eigenvalue weighted by atomic mass is 35.5. The van der Waals surface area contributed by atoms with Crippen molar-refractivity contribution >= 4 is 23.2 Å². The summed E-state index contributed by atoms with van der Waals surface area (Å²) in [6.45, 7) is 1.97. The Morgan fingerprint density at radius 2 is 1.87 bits per heavy atom. The van der Waals surface area contributed by atoms with Gasteiger partial charge in [-0.15, -0.1) is 0 Å².